The lowest BCUT2D eigenvalue weighted by atomic mass is 9.85. The summed E-state index contributed by atoms with van der Waals surface area (Å²) < 4.78 is 0. The summed E-state index contributed by atoms with van der Waals surface area (Å²) in [4.78, 5) is 14.4. The lowest BCUT2D eigenvalue weighted by molar-refractivity contribution is -0.130. The van der Waals surface area contributed by atoms with Crippen LogP contribution in [0.5, 0.6) is 0 Å². The Morgan fingerprint density at radius 3 is 2.11 bits per heavy atom. The normalized spacial score (nSPS) is 17.6. The topological polar surface area (TPSA) is 58.4 Å². The van der Waals surface area contributed by atoms with Gasteiger partial charge in [0, 0.05) is 18.6 Å². The molecule has 3 N–H and O–H groups in total. The first-order valence-electron chi connectivity index (χ1n) is 6.50. The van der Waals surface area contributed by atoms with Crippen molar-refractivity contribution in [2.24, 2.45) is 11.1 Å². The predicted octanol–water partition coefficient (Wildman–Crippen LogP) is 1.81. The summed E-state index contributed by atoms with van der Waals surface area (Å²) >= 11 is 0. The third-order valence-electron chi connectivity index (χ3n) is 4.33. The van der Waals surface area contributed by atoms with E-state index in [1.54, 1.807) is 0 Å². The smallest absolute Gasteiger partial charge is 0.227 e. The SMILES string of the molecule is CN(C)C(C)(C)CNC(=O)C1(CN)CCCC1.Cl.Cl. The van der Waals surface area contributed by atoms with Gasteiger partial charge >= 0.3 is 0 Å². The van der Waals surface area contributed by atoms with Gasteiger partial charge < -0.3 is 16.0 Å². The number of carbonyl (C=O) groups excluding carboxylic acids is 1. The van der Waals surface area contributed by atoms with Crippen LogP contribution in [0, 0.1) is 5.41 Å². The molecule has 0 unspecified atom stereocenters. The Labute approximate surface area is 129 Å². The zero-order valence-corrected chi connectivity index (χ0v) is 14.1. The van der Waals surface area contributed by atoms with Gasteiger partial charge in [-0.25, -0.2) is 0 Å². The fourth-order valence-corrected chi connectivity index (χ4v) is 2.22. The van der Waals surface area contributed by atoms with Crippen LogP contribution in [0.1, 0.15) is 39.5 Å². The van der Waals surface area contributed by atoms with Gasteiger partial charge in [0.2, 0.25) is 5.91 Å². The van der Waals surface area contributed by atoms with E-state index < -0.39 is 0 Å². The van der Waals surface area contributed by atoms with Crippen molar-refractivity contribution in [1.82, 2.24) is 10.2 Å². The molecular weight excluding hydrogens is 285 g/mol. The summed E-state index contributed by atoms with van der Waals surface area (Å²) in [6.07, 6.45) is 4.14. The Morgan fingerprint density at radius 1 is 1.26 bits per heavy atom. The molecule has 19 heavy (non-hydrogen) atoms. The molecule has 0 aromatic rings. The molecule has 4 nitrogen and oxygen atoms in total. The standard InChI is InChI=1S/C13H27N3O.2ClH/c1-12(2,16(3)4)10-15-11(17)13(9-14)7-5-6-8-13;;/h5-10,14H2,1-4H3,(H,15,17);2*1H. The van der Waals surface area contributed by atoms with Gasteiger partial charge in [0.1, 0.15) is 0 Å². The van der Waals surface area contributed by atoms with E-state index in [2.05, 4.69) is 24.1 Å². The Morgan fingerprint density at radius 2 is 1.74 bits per heavy atom. The number of rotatable bonds is 5. The van der Waals surface area contributed by atoms with Crippen LogP contribution >= 0.6 is 24.8 Å². The maximum absolute atomic E-state index is 12.3. The molecule has 0 saturated heterocycles. The Balaban J connectivity index is 0. The predicted molar refractivity (Wildman–Crippen MR) is 85.2 cm³/mol. The number of hydrogen-bond acceptors (Lipinski definition) is 3. The second-order valence-electron chi connectivity index (χ2n) is 6.08. The summed E-state index contributed by atoms with van der Waals surface area (Å²) in [5.74, 6) is 0.146. The zero-order chi connectivity index (χ0) is 13.1. The quantitative estimate of drug-likeness (QED) is 0.813. The van der Waals surface area contributed by atoms with Crippen LogP contribution < -0.4 is 11.1 Å². The molecule has 0 aromatic carbocycles. The summed E-state index contributed by atoms with van der Waals surface area (Å²) in [7, 11) is 4.06. The number of nitrogens with one attached hydrogen (secondary N) is 1. The van der Waals surface area contributed by atoms with Gasteiger partial charge in [0.05, 0.1) is 5.41 Å². The first kappa shape index (κ1) is 21.3. The molecule has 1 aliphatic carbocycles. The van der Waals surface area contributed by atoms with Gasteiger partial charge in [-0.1, -0.05) is 12.8 Å². The summed E-state index contributed by atoms with van der Waals surface area (Å²) in [5.41, 5.74) is 5.48. The highest BCUT2D eigenvalue weighted by Crippen LogP contribution is 2.37. The summed E-state index contributed by atoms with van der Waals surface area (Å²) in [6.45, 7) is 5.38. The molecule has 6 heteroatoms. The summed E-state index contributed by atoms with van der Waals surface area (Å²) in [6, 6.07) is 0. The molecule has 1 rings (SSSR count). The van der Waals surface area contributed by atoms with Crippen molar-refractivity contribution in [2.75, 3.05) is 27.2 Å². The maximum Gasteiger partial charge on any atom is 0.227 e. The fraction of sp³-hybridized carbons (Fsp3) is 0.923. The number of amides is 1. The Kier molecular flexibility index (Phi) is 9.29. The lowest BCUT2D eigenvalue weighted by Crippen LogP contribution is -2.52. The molecular formula is C13H29Cl2N3O. The lowest BCUT2D eigenvalue weighted by Gasteiger charge is -2.34. The molecule has 0 spiro atoms. The van der Waals surface area contributed by atoms with Crippen molar-refractivity contribution < 1.29 is 4.79 Å². The van der Waals surface area contributed by atoms with Crippen molar-refractivity contribution in [3.05, 3.63) is 0 Å². The Hall–Kier alpha value is -0.0300. The minimum Gasteiger partial charge on any atom is -0.354 e. The van der Waals surface area contributed by atoms with E-state index in [1.807, 2.05) is 14.1 Å². The molecule has 0 aliphatic heterocycles. The van der Waals surface area contributed by atoms with Crippen LogP contribution in [0.3, 0.4) is 0 Å². The third-order valence-corrected chi connectivity index (χ3v) is 4.33. The molecule has 1 aliphatic rings. The van der Waals surface area contributed by atoms with Crippen LogP contribution in [0.25, 0.3) is 0 Å². The number of halogens is 2. The number of likely N-dealkylation sites (N-methyl/N-ethyl adjacent to an activating group) is 1. The van der Waals surface area contributed by atoms with Crippen LogP contribution in [0.15, 0.2) is 0 Å². The number of carbonyl (C=O) groups is 1. The third kappa shape index (κ3) is 5.10. The number of hydrogen-bond donors (Lipinski definition) is 2. The van der Waals surface area contributed by atoms with E-state index in [1.165, 1.54) is 0 Å². The van der Waals surface area contributed by atoms with Crippen LogP contribution in [0.4, 0.5) is 0 Å². The second-order valence-corrected chi connectivity index (χ2v) is 6.08. The minimum absolute atomic E-state index is 0. The average molecular weight is 314 g/mol. The van der Waals surface area contributed by atoms with Gasteiger partial charge in [-0.05, 0) is 40.8 Å². The molecule has 0 aromatic heterocycles. The van der Waals surface area contributed by atoms with E-state index in [0.29, 0.717) is 13.1 Å². The van der Waals surface area contributed by atoms with E-state index >= 15 is 0 Å². The maximum atomic E-state index is 12.3. The van der Waals surface area contributed by atoms with Crippen LogP contribution in [-0.2, 0) is 4.79 Å². The van der Waals surface area contributed by atoms with E-state index in [0.717, 1.165) is 25.7 Å². The van der Waals surface area contributed by atoms with Crippen LogP contribution in [0.2, 0.25) is 0 Å². The summed E-state index contributed by atoms with van der Waals surface area (Å²) in [5, 5.41) is 3.08. The second kappa shape index (κ2) is 8.30. The highest BCUT2D eigenvalue weighted by Gasteiger charge is 2.40. The fourth-order valence-electron chi connectivity index (χ4n) is 2.22. The molecule has 1 amide bonds. The van der Waals surface area contributed by atoms with E-state index in [4.69, 9.17) is 5.73 Å². The van der Waals surface area contributed by atoms with E-state index in [9.17, 15) is 4.79 Å². The Bertz CT molecular complexity index is 277. The molecule has 1 saturated carbocycles. The first-order chi connectivity index (χ1) is 7.84. The van der Waals surface area contributed by atoms with Gasteiger partial charge in [-0.3, -0.25) is 4.79 Å². The van der Waals surface area contributed by atoms with Crippen molar-refractivity contribution >= 4 is 30.7 Å². The number of nitrogens with zero attached hydrogens (tertiary/aromatic N) is 1. The largest absolute Gasteiger partial charge is 0.354 e. The molecule has 1 fully saturated rings. The number of nitrogens with two attached hydrogens (primary N) is 1. The van der Waals surface area contributed by atoms with Gasteiger partial charge in [-0.2, -0.15) is 0 Å². The van der Waals surface area contributed by atoms with Crippen molar-refractivity contribution in [3.63, 3.8) is 0 Å². The minimum atomic E-state index is -0.289. The highest BCUT2D eigenvalue weighted by molar-refractivity contribution is 5.85. The van der Waals surface area contributed by atoms with Gasteiger partial charge in [0.15, 0.2) is 0 Å². The monoisotopic (exact) mass is 313 g/mol. The highest BCUT2D eigenvalue weighted by atomic mass is 35.5. The molecule has 0 atom stereocenters. The van der Waals surface area contributed by atoms with E-state index in [-0.39, 0.29) is 41.7 Å². The molecule has 0 radical (unpaired) electrons. The first-order valence-corrected chi connectivity index (χ1v) is 6.50. The van der Waals surface area contributed by atoms with Crippen molar-refractivity contribution in [3.8, 4) is 0 Å². The van der Waals surface area contributed by atoms with Crippen molar-refractivity contribution in [2.45, 2.75) is 45.1 Å². The van der Waals surface area contributed by atoms with Crippen molar-refractivity contribution in [1.29, 1.82) is 0 Å². The molecule has 0 heterocycles. The van der Waals surface area contributed by atoms with Crippen LogP contribution in [-0.4, -0.2) is 43.5 Å². The van der Waals surface area contributed by atoms with Gasteiger partial charge in [-0.15, -0.1) is 24.8 Å². The molecule has 0 bridgehead atoms. The zero-order valence-electron chi connectivity index (χ0n) is 12.5. The average Bonchev–Trinajstić information content (AvgIpc) is 2.75. The van der Waals surface area contributed by atoms with Gasteiger partial charge in [0.25, 0.3) is 0 Å². The molecule has 116 valence electrons.